The van der Waals surface area contributed by atoms with Crippen LogP contribution in [-0.2, 0) is 19.1 Å². The van der Waals surface area contributed by atoms with Gasteiger partial charge in [-0.1, -0.05) is 72.8 Å². The number of β-lactam (4-membered cyclic amide) rings is 1. The Morgan fingerprint density at radius 1 is 0.818 bits per heavy atom. The molecule has 0 unspecified atom stereocenters. The molecule has 6 rings (SSSR count). The van der Waals surface area contributed by atoms with E-state index in [0.717, 1.165) is 5.57 Å². The Labute approximate surface area is 261 Å². The first kappa shape index (κ1) is 29.7. The number of benzene rings is 4. The molecule has 1 saturated heterocycles. The number of rotatable bonds is 10. The molecule has 2 heterocycles. The van der Waals surface area contributed by atoms with Crippen molar-refractivity contribution in [2.24, 2.45) is 0 Å². The molecule has 0 spiro atoms. The maximum atomic E-state index is 13.6. The van der Waals surface area contributed by atoms with E-state index in [1.54, 1.807) is 23.9 Å². The van der Waals surface area contributed by atoms with Crippen molar-refractivity contribution >= 4 is 52.7 Å². The van der Waals surface area contributed by atoms with Crippen molar-refractivity contribution < 1.29 is 23.9 Å². The first-order valence-corrected chi connectivity index (χ1v) is 17.3. The van der Waals surface area contributed by atoms with Crippen LogP contribution in [0.2, 0.25) is 0 Å². The van der Waals surface area contributed by atoms with Crippen LogP contribution in [0.15, 0.2) is 133 Å². The van der Waals surface area contributed by atoms with Crippen molar-refractivity contribution in [2.45, 2.75) is 11.4 Å². The molecule has 2 atom stereocenters. The summed E-state index contributed by atoms with van der Waals surface area (Å²) in [6, 6.07) is 39.5. The van der Waals surface area contributed by atoms with Crippen LogP contribution in [-0.4, -0.2) is 59.7 Å². The Balaban J connectivity index is 1.35. The smallest absolute Gasteiger partial charge is 0.354 e. The van der Waals surface area contributed by atoms with Gasteiger partial charge in [0.25, 0.3) is 11.8 Å². The Morgan fingerprint density at radius 2 is 1.32 bits per heavy atom. The number of nitrogens with zero attached hydrogens (tertiary/aromatic N) is 1. The third-order valence-electron chi connectivity index (χ3n) is 7.87. The average Bonchev–Trinajstić information content (AvgIpc) is 3.09. The molecule has 44 heavy (non-hydrogen) atoms. The summed E-state index contributed by atoms with van der Waals surface area (Å²) in [4.78, 5) is 41.2. The third kappa shape index (κ3) is 5.63. The third-order valence-corrected chi connectivity index (χ3v) is 13.6. The molecule has 7 nitrogen and oxygen atoms in total. The number of esters is 1. The second-order valence-corrected chi connectivity index (χ2v) is 15.1. The number of carbonyl (C=O) groups is 3. The van der Waals surface area contributed by atoms with Gasteiger partial charge in [0.1, 0.15) is 46.0 Å². The Morgan fingerprint density at radius 3 is 1.82 bits per heavy atom. The number of carbonyl (C=O) groups excluding carboxylic acids is 3. The van der Waals surface area contributed by atoms with Crippen LogP contribution in [0.1, 0.15) is 0 Å². The first-order chi connectivity index (χ1) is 21.5. The molecule has 2 aliphatic rings. The number of fused-ring (bicyclic) bond motifs is 1. The maximum Gasteiger partial charge on any atom is 0.354 e. The fraction of sp³-hybridized carbons (Fsp3) is 0.171. The lowest BCUT2D eigenvalue weighted by Gasteiger charge is -2.49. The van der Waals surface area contributed by atoms with Crippen molar-refractivity contribution in [3.8, 4) is 5.75 Å². The van der Waals surface area contributed by atoms with Crippen molar-refractivity contribution in [3.05, 3.63) is 133 Å². The average molecular weight is 624 g/mol. The predicted molar refractivity (Wildman–Crippen MR) is 176 cm³/mol. The second-order valence-electron chi connectivity index (χ2n) is 10.5. The van der Waals surface area contributed by atoms with Gasteiger partial charge < -0.3 is 14.8 Å². The lowest BCUT2D eigenvalue weighted by Crippen LogP contribution is -2.71. The number of nitrogens with one attached hydrogen (secondary N) is 1. The van der Waals surface area contributed by atoms with Gasteiger partial charge in [0.15, 0.2) is 6.61 Å². The van der Waals surface area contributed by atoms with E-state index in [2.05, 4.69) is 41.7 Å². The number of hydrogen-bond acceptors (Lipinski definition) is 6. The zero-order valence-electron chi connectivity index (χ0n) is 24.2. The highest BCUT2D eigenvalue weighted by molar-refractivity contribution is 8.00. The Hall–Kier alpha value is -4.39. The van der Waals surface area contributed by atoms with Crippen LogP contribution in [0.3, 0.4) is 0 Å². The quantitative estimate of drug-likeness (QED) is 0.164. The molecule has 0 aliphatic carbocycles. The van der Waals surface area contributed by atoms with Crippen LogP contribution in [0.25, 0.3) is 0 Å². The summed E-state index contributed by atoms with van der Waals surface area (Å²) in [5, 5.41) is 5.93. The van der Waals surface area contributed by atoms with Gasteiger partial charge in [-0.25, -0.2) is 4.79 Å². The summed E-state index contributed by atoms with van der Waals surface area (Å²) in [5.41, 5.74) is 1.13. The molecule has 0 saturated carbocycles. The predicted octanol–water partition coefficient (Wildman–Crippen LogP) is 3.89. The largest absolute Gasteiger partial charge is 0.484 e. The Bertz CT molecular complexity index is 1570. The molecular weight excluding hydrogens is 591 g/mol. The molecule has 222 valence electrons. The van der Waals surface area contributed by atoms with E-state index in [-0.39, 0.29) is 18.2 Å². The van der Waals surface area contributed by atoms with Gasteiger partial charge in [-0.15, -0.1) is 11.8 Å². The molecule has 2 amide bonds. The number of hydrogen-bond donors (Lipinski definition) is 1. The minimum absolute atomic E-state index is 0.214. The molecule has 0 bridgehead atoms. The summed E-state index contributed by atoms with van der Waals surface area (Å²) in [5.74, 6) is -0.206. The van der Waals surface area contributed by atoms with Crippen molar-refractivity contribution in [3.63, 3.8) is 0 Å². The number of para-hydroxylation sites is 1. The monoisotopic (exact) mass is 623 g/mol. The number of amides is 2. The molecule has 2 aliphatic heterocycles. The summed E-state index contributed by atoms with van der Waals surface area (Å²) in [6.45, 7) is -0.214. The molecule has 0 radical (unpaired) electrons. The van der Waals surface area contributed by atoms with Crippen molar-refractivity contribution in [1.29, 1.82) is 0 Å². The maximum absolute atomic E-state index is 13.6. The van der Waals surface area contributed by atoms with Gasteiger partial charge in [-0.2, -0.15) is 0 Å². The van der Waals surface area contributed by atoms with E-state index >= 15 is 0 Å². The van der Waals surface area contributed by atoms with Crippen LogP contribution < -0.4 is 26.0 Å². The minimum atomic E-state index is -2.33. The van der Waals surface area contributed by atoms with E-state index in [0.29, 0.717) is 17.7 Å². The fourth-order valence-corrected chi connectivity index (χ4v) is 11.6. The van der Waals surface area contributed by atoms with Crippen LogP contribution in [0.5, 0.6) is 5.75 Å². The zero-order chi connectivity index (χ0) is 30.5. The van der Waals surface area contributed by atoms with Gasteiger partial charge >= 0.3 is 5.97 Å². The summed E-state index contributed by atoms with van der Waals surface area (Å²) < 4.78 is 10.8. The van der Waals surface area contributed by atoms with E-state index in [4.69, 9.17) is 9.47 Å². The van der Waals surface area contributed by atoms with E-state index < -0.39 is 30.6 Å². The number of methoxy groups -OCH3 is 1. The SMILES string of the molecule is COC(=O)C1=C(C[P+](c2ccccc2)(c2ccccc2)c2ccccc2)CS[C@@H]2[C@H](NC(=O)COc3ccccc3)C(=O)N12. The van der Waals surface area contributed by atoms with E-state index in [1.807, 2.05) is 72.8 Å². The highest BCUT2D eigenvalue weighted by atomic mass is 32.2. The van der Waals surface area contributed by atoms with Crippen LogP contribution in [0.4, 0.5) is 0 Å². The molecular formula is C35H32N2O5PS+. The summed E-state index contributed by atoms with van der Waals surface area (Å²) in [6.07, 6.45) is 0.556. The van der Waals surface area contributed by atoms with Gasteiger partial charge in [0.2, 0.25) is 0 Å². The van der Waals surface area contributed by atoms with Gasteiger partial charge in [-0.05, 0) is 48.5 Å². The van der Waals surface area contributed by atoms with Crippen molar-refractivity contribution in [2.75, 3.05) is 25.6 Å². The first-order valence-electron chi connectivity index (χ1n) is 14.3. The zero-order valence-corrected chi connectivity index (χ0v) is 25.9. The van der Waals surface area contributed by atoms with Crippen LogP contribution in [0, 0.1) is 0 Å². The summed E-state index contributed by atoms with van der Waals surface area (Å²) >= 11 is 1.55. The van der Waals surface area contributed by atoms with Crippen molar-refractivity contribution in [1.82, 2.24) is 10.2 Å². The molecule has 9 heteroatoms. The molecule has 0 aromatic heterocycles. The fourth-order valence-electron chi connectivity index (χ4n) is 5.83. The lowest BCUT2D eigenvalue weighted by atomic mass is 10.0. The number of thioether (sulfide) groups is 1. The molecule has 4 aromatic rings. The van der Waals surface area contributed by atoms with E-state index in [1.165, 1.54) is 27.9 Å². The normalized spacial score (nSPS) is 17.8. The van der Waals surface area contributed by atoms with Crippen LogP contribution >= 0.6 is 19.0 Å². The number of ether oxygens (including phenoxy) is 2. The minimum Gasteiger partial charge on any atom is -0.484 e. The standard InChI is InChI=1S/C35H31N2O5PS/c1-41-35(40)32-25(24-44-34-31(33(39)37(32)34)36-30(38)22-42-26-14-6-2-7-15-26)23-43(27-16-8-3-9-17-27,28-18-10-4-11-19-28)29-20-12-5-13-21-29/h2-21,31,34H,22-24H2,1H3/p+1/t31-,34-/m1/s1. The lowest BCUT2D eigenvalue weighted by molar-refractivity contribution is -0.152. The molecule has 4 aromatic carbocycles. The topological polar surface area (TPSA) is 84.9 Å². The second kappa shape index (κ2) is 13.1. The highest BCUT2D eigenvalue weighted by Crippen LogP contribution is 2.58. The van der Waals surface area contributed by atoms with E-state index in [9.17, 15) is 14.4 Å². The highest BCUT2D eigenvalue weighted by Gasteiger charge is 2.56. The summed E-state index contributed by atoms with van der Waals surface area (Å²) in [7, 11) is -0.995. The van der Waals surface area contributed by atoms with Gasteiger partial charge in [-0.3, -0.25) is 14.5 Å². The molecule has 1 fully saturated rings. The molecule has 1 N–H and O–H groups in total. The Kier molecular flexibility index (Phi) is 8.82. The van der Waals surface area contributed by atoms with Gasteiger partial charge in [0.05, 0.1) is 13.3 Å². The van der Waals surface area contributed by atoms with Gasteiger partial charge in [0, 0.05) is 11.3 Å².